The van der Waals surface area contributed by atoms with Crippen LogP contribution < -0.4 is 5.32 Å². The largest absolute Gasteiger partial charge is 0.466 e. The summed E-state index contributed by atoms with van der Waals surface area (Å²) >= 11 is 0. The number of rotatable bonds is 76. The second kappa shape index (κ2) is 77.5. The molecule has 6 nitrogen and oxygen atoms in total. The maximum atomic E-state index is 12.5. The zero-order valence-corrected chi connectivity index (χ0v) is 59.7. The lowest BCUT2D eigenvalue weighted by Gasteiger charge is -2.20. The Balaban J connectivity index is 3.40. The monoisotopic (exact) mass is 1240 g/mol. The van der Waals surface area contributed by atoms with Crippen LogP contribution in [-0.4, -0.2) is 47.4 Å². The Kier molecular flexibility index (Phi) is 75.8. The molecule has 0 heterocycles. The van der Waals surface area contributed by atoms with Gasteiger partial charge in [0.1, 0.15) is 0 Å². The Morgan fingerprint density at radius 2 is 0.568 bits per heavy atom. The summed E-state index contributed by atoms with van der Waals surface area (Å²) in [4.78, 5) is 24.7. The molecule has 1 amide bonds. The molecule has 3 N–H and O–H groups in total. The van der Waals surface area contributed by atoms with Crippen LogP contribution >= 0.6 is 0 Å². The molecule has 0 bridgehead atoms. The number of aliphatic hydroxyl groups excluding tert-OH is 2. The second-order valence-electron chi connectivity index (χ2n) is 27.8. The lowest BCUT2D eigenvalue weighted by atomic mass is 10.0. The van der Waals surface area contributed by atoms with Crippen molar-refractivity contribution >= 4 is 11.9 Å². The van der Waals surface area contributed by atoms with Gasteiger partial charge in [0.15, 0.2) is 0 Å². The molecule has 0 aromatic carbocycles. The molecule has 2 unspecified atom stereocenters. The molecule has 0 aliphatic heterocycles. The Hall–Kier alpha value is -1.92. The van der Waals surface area contributed by atoms with E-state index in [0.717, 1.165) is 44.9 Å². The number of carbonyl (C=O) groups excluding carboxylic acids is 2. The first-order valence-electron chi connectivity index (χ1n) is 40.3. The number of amides is 1. The van der Waals surface area contributed by atoms with Crippen molar-refractivity contribution in [1.82, 2.24) is 5.32 Å². The van der Waals surface area contributed by atoms with Crippen molar-refractivity contribution in [2.45, 2.75) is 463 Å². The van der Waals surface area contributed by atoms with E-state index in [4.69, 9.17) is 4.74 Å². The molecule has 0 rings (SSSR count). The summed E-state index contributed by atoms with van der Waals surface area (Å²) in [5, 5.41) is 23.3. The summed E-state index contributed by atoms with van der Waals surface area (Å²) in [5.74, 6) is -0.0446. The van der Waals surface area contributed by atoms with Gasteiger partial charge in [0.2, 0.25) is 5.91 Å². The third-order valence-electron chi connectivity index (χ3n) is 18.9. The van der Waals surface area contributed by atoms with E-state index in [0.29, 0.717) is 19.4 Å². The molecule has 520 valence electrons. The van der Waals surface area contributed by atoms with E-state index in [2.05, 4.69) is 43.5 Å². The van der Waals surface area contributed by atoms with Crippen molar-refractivity contribution in [3.63, 3.8) is 0 Å². The number of allylic oxidation sites excluding steroid dienone is 5. The third-order valence-corrected chi connectivity index (χ3v) is 18.9. The molecule has 0 fully saturated rings. The van der Waals surface area contributed by atoms with Crippen LogP contribution in [-0.2, 0) is 14.3 Å². The highest BCUT2D eigenvalue weighted by molar-refractivity contribution is 5.76. The van der Waals surface area contributed by atoms with Gasteiger partial charge in [0, 0.05) is 12.8 Å². The minimum atomic E-state index is -0.846. The molecule has 0 aliphatic rings. The fourth-order valence-electron chi connectivity index (χ4n) is 12.8. The van der Waals surface area contributed by atoms with E-state index in [1.54, 1.807) is 6.08 Å². The highest BCUT2D eigenvalue weighted by Crippen LogP contribution is 2.20. The van der Waals surface area contributed by atoms with Crippen molar-refractivity contribution < 1.29 is 24.5 Å². The minimum absolute atomic E-state index is 0.0182. The zero-order valence-electron chi connectivity index (χ0n) is 59.7. The number of hydrogen-bond acceptors (Lipinski definition) is 5. The number of esters is 1. The van der Waals surface area contributed by atoms with Crippen LogP contribution in [0.4, 0.5) is 0 Å². The summed E-state index contributed by atoms with van der Waals surface area (Å²) in [5.41, 5.74) is 0. The van der Waals surface area contributed by atoms with Crippen LogP contribution in [0.5, 0.6) is 0 Å². The molecule has 0 spiro atoms. The standard InChI is InChI=1S/C82H157NO5/c1-3-5-7-9-11-13-15-17-19-21-23-24-36-39-42-46-50-54-58-62-66-70-74-80(85)79(78-84)83-81(86)75-71-67-63-59-55-51-47-43-40-37-34-32-30-28-26-25-27-29-31-33-35-38-41-45-49-53-57-61-65-69-73-77-88-82(87)76-72-68-64-60-56-52-48-44-22-20-18-16-14-12-10-8-6-4-2/h27,29,33,35,70,74,79-80,84-85H,3-26,28,30-32,34,36-69,71-73,75-78H2,1-2H3,(H,83,86)/b29-27-,35-33-,74-70+. The van der Waals surface area contributed by atoms with Gasteiger partial charge < -0.3 is 20.3 Å². The Morgan fingerprint density at radius 3 is 0.864 bits per heavy atom. The van der Waals surface area contributed by atoms with Crippen LogP contribution in [0.25, 0.3) is 0 Å². The molecule has 0 saturated heterocycles. The Bertz CT molecular complexity index is 1430. The van der Waals surface area contributed by atoms with E-state index in [1.807, 2.05) is 6.08 Å². The SMILES string of the molecule is CCCCCCCCCCCCCCCCCCCCCC/C=C/C(O)C(CO)NC(=O)CCCCCCCCCCCCCCCCC/C=C\C/C=C\CCCCCCCCCCCOC(=O)CCCCCCCCCCCCCCCCCCCC. The average molecular weight is 1240 g/mol. The van der Waals surface area contributed by atoms with Gasteiger partial charge in [-0.15, -0.1) is 0 Å². The molecule has 0 aromatic rings. The van der Waals surface area contributed by atoms with Gasteiger partial charge >= 0.3 is 5.97 Å². The molecule has 0 aliphatic carbocycles. The van der Waals surface area contributed by atoms with Crippen LogP contribution in [0.3, 0.4) is 0 Å². The van der Waals surface area contributed by atoms with Crippen molar-refractivity contribution in [3.8, 4) is 0 Å². The number of ether oxygens (including phenoxy) is 1. The normalized spacial score (nSPS) is 12.6. The number of unbranched alkanes of at least 4 members (excludes halogenated alkanes) is 61. The van der Waals surface area contributed by atoms with Crippen LogP contribution in [0.2, 0.25) is 0 Å². The topological polar surface area (TPSA) is 95.9 Å². The smallest absolute Gasteiger partial charge is 0.305 e. The van der Waals surface area contributed by atoms with Crippen molar-refractivity contribution in [3.05, 3.63) is 36.5 Å². The summed E-state index contributed by atoms with van der Waals surface area (Å²) < 4.78 is 5.51. The number of hydrogen-bond donors (Lipinski definition) is 3. The summed E-state index contributed by atoms with van der Waals surface area (Å²) in [6.07, 6.45) is 101. The number of nitrogens with one attached hydrogen (secondary N) is 1. The molecule has 6 heteroatoms. The maximum absolute atomic E-state index is 12.5. The van der Waals surface area contributed by atoms with Crippen LogP contribution in [0.15, 0.2) is 36.5 Å². The van der Waals surface area contributed by atoms with Gasteiger partial charge in [0.25, 0.3) is 0 Å². The van der Waals surface area contributed by atoms with Gasteiger partial charge in [-0.2, -0.15) is 0 Å². The molecule has 0 aromatic heterocycles. The predicted molar refractivity (Wildman–Crippen MR) is 389 cm³/mol. The van der Waals surface area contributed by atoms with E-state index in [9.17, 15) is 19.8 Å². The van der Waals surface area contributed by atoms with E-state index < -0.39 is 12.1 Å². The molecule has 0 saturated carbocycles. The van der Waals surface area contributed by atoms with Gasteiger partial charge in [-0.05, 0) is 64.2 Å². The fourth-order valence-corrected chi connectivity index (χ4v) is 12.8. The van der Waals surface area contributed by atoms with E-state index >= 15 is 0 Å². The van der Waals surface area contributed by atoms with Crippen LogP contribution in [0.1, 0.15) is 450 Å². The van der Waals surface area contributed by atoms with Crippen molar-refractivity contribution in [1.29, 1.82) is 0 Å². The first-order chi connectivity index (χ1) is 43.5. The highest BCUT2D eigenvalue weighted by atomic mass is 16.5. The second-order valence-corrected chi connectivity index (χ2v) is 27.8. The van der Waals surface area contributed by atoms with E-state index in [-0.39, 0.29) is 18.5 Å². The Morgan fingerprint density at radius 1 is 0.318 bits per heavy atom. The van der Waals surface area contributed by atoms with Gasteiger partial charge in [-0.1, -0.05) is 410 Å². The number of carbonyl (C=O) groups is 2. The molecular formula is C82H157NO5. The molecule has 88 heavy (non-hydrogen) atoms. The lowest BCUT2D eigenvalue weighted by molar-refractivity contribution is -0.143. The van der Waals surface area contributed by atoms with Crippen molar-refractivity contribution in [2.75, 3.05) is 13.2 Å². The number of aliphatic hydroxyl groups is 2. The molecular weight excluding hydrogens is 1080 g/mol. The molecule has 0 radical (unpaired) electrons. The van der Waals surface area contributed by atoms with Gasteiger partial charge in [-0.25, -0.2) is 0 Å². The van der Waals surface area contributed by atoms with Gasteiger partial charge in [-0.3, -0.25) is 9.59 Å². The summed E-state index contributed by atoms with van der Waals surface area (Å²) in [6.45, 7) is 4.96. The van der Waals surface area contributed by atoms with Crippen molar-refractivity contribution in [2.24, 2.45) is 0 Å². The highest BCUT2D eigenvalue weighted by Gasteiger charge is 2.18. The Labute approximate surface area is 551 Å². The maximum Gasteiger partial charge on any atom is 0.305 e. The van der Waals surface area contributed by atoms with E-state index in [1.165, 1.54) is 379 Å². The zero-order chi connectivity index (χ0) is 63.5. The first kappa shape index (κ1) is 86.1. The van der Waals surface area contributed by atoms with Gasteiger partial charge in [0.05, 0.1) is 25.4 Å². The minimum Gasteiger partial charge on any atom is -0.466 e. The first-order valence-corrected chi connectivity index (χ1v) is 40.3. The predicted octanol–water partition coefficient (Wildman–Crippen LogP) is 26.6. The third kappa shape index (κ3) is 73.1. The fraction of sp³-hybridized carbons (Fsp3) is 0.902. The average Bonchev–Trinajstić information content (AvgIpc) is 3.58. The summed E-state index contributed by atoms with van der Waals surface area (Å²) in [6, 6.07) is -0.629. The molecule has 2 atom stereocenters. The quantitative estimate of drug-likeness (QED) is 0.0320. The lowest BCUT2D eigenvalue weighted by Crippen LogP contribution is -2.45. The van der Waals surface area contributed by atoms with Crippen LogP contribution in [0, 0.1) is 0 Å². The summed E-state index contributed by atoms with van der Waals surface area (Å²) in [7, 11) is 0.